The fourth-order valence-corrected chi connectivity index (χ4v) is 3.04. The van der Waals surface area contributed by atoms with Crippen LogP contribution in [0.15, 0.2) is 24.3 Å². The molecule has 6 heteroatoms. The lowest BCUT2D eigenvalue weighted by molar-refractivity contribution is 0.00578. The lowest BCUT2D eigenvalue weighted by atomic mass is 9.78. The summed E-state index contributed by atoms with van der Waals surface area (Å²) in [4.78, 5) is 12.5. The molecule has 2 aliphatic heterocycles. The Balaban J connectivity index is 1.71. The summed E-state index contributed by atoms with van der Waals surface area (Å²) in [6, 6.07) is 7.80. The fourth-order valence-electron chi connectivity index (χ4n) is 3.04. The van der Waals surface area contributed by atoms with Crippen molar-refractivity contribution in [3.63, 3.8) is 0 Å². The second-order valence-corrected chi connectivity index (χ2v) is 7.71. The Morgan fingerprint density at radius 2 is 1.79 bits per heavy atom. The smallest absolute Gasteiger partial charge is 0.399 e. The van der Waals surface area contributed by atoms with E-state index in [-0.39, 0.29) is 23.2 Å². The van der Waals surface area contributed by atoms with Gasteiger partial charge in [0.15, 0.2) is 0 Å². The van der Waals surface area contributed by atoms with Crippen molar-refractivity contribution in [3.8, 4) is 0 Å². The average Bonchev–Trinajstić information content (AvgIpc) is 2.76. The Morgan fingerprint density at radius 3 is 2.42 bits per heavy atom. The number of benzene rings is 1. The van der Waals surface area contributed by atoms with E-state index in [4.69, 9.17) is 9.31 Å². The molecule has 0 bridgehead atoms. The number of amides is 1. The van der Waals surface area contributed by atoms with Gasteiger partial charge in [0, 0.05) is 11.6 Å². The van der Waals surface area contributed by atoms with Crippen LogP contribution in [0.1, 0.15) is 50.9 Å². The van der Waals surface area contributed by atoms with Gasteiger partial charge in [-0.05, 0) is 71.2 Å². The van der Waals surface area contributed by atoms with Crippen molar-refractivity contribution in [1.29, 1.82) is 0 Å². The number of nitrogens with one attached hydrogen (secondary N) is 2. The SMILES string of the molecule is CC1(C)OB(c2cccc(C(=O)NC3CCNCC3)c2)OC1(C)C. The van der Waals surface area contributed by atoms with Gasteiger partial charge in [0.1, 0.15) is 0 Å². The van der Waals surface area contributed by atoms with Crippen molar-refractivity contribution in [1.82, 2.24) is 10.6 Å². The average molecular weight is 330 g/mol. The Hall–Kier alpha value is -1.37. The van der Waals surface area contributed by atoms with Crippen LogP contribution in [0.3, 0.4) is 0 Å². The standard InChI is InChI=1S/C18H27BN2O3/c1-17(2)18(3,4)24-19(23-17)14-7-5-6-13(12-14)16(22)21-15-8-10-20-11-9-15/h5-7,12,15,20H,8-11H2,1-4H3,(H,21,22). The molecule has 0 aromatic heterocycles. The van der Waals surface area contributed by atoms with E-state index in [0.717, 1.165) is 31.4 Å². The van der Waals surface area contributed by atoms with Crippen LogP contribution in [0, 0.1) is 0 Å². The van der Waals surface area contributed by atoms with Crippen LogP contribution in [0.4, 0.5) is 0 Å². The highest BCUT2D eigenvalue weighted by Gasteiger charge is 2.51. The van der Waals surface area contributed by atoms with Gasteiger partial charge in [0.05, 0.1) is 11.2 Å². The summed E-state index contributed by atoms with van der Waals surface area (Å²) in [6.07, 6.45) is 1.95. The first-order valence-electron chi connectivity index (χ1n) is 8.76. The molecule has 130 valence electrons. The summed E-state index contributed by atoms with van der Waals surface area (Å²) < 4.78 is 12.1. The van der Waals surface area contributed by atoms with Crippen molar-refractivity contribution in [3.05, 3.63) is 29.8 Å². The Labute approximate surface area is 144 Å². The highest BCUT2D eigenvalue weighted by atomic mass is 16.7. The molecule has 2 fully saturated rings. The summed E-state index contributed by atoms with van der Waals surface area (Å²) in [5.74, 6) is -0.0275. The number of carbonyl (C=O) groups is 1. The largest absolute Gasteiger partial charge is 0.494 e. The molecule has 2 aliphatic rings. The highest BCUT2D eigenvalue weighted by molar-refractivity contribution is 6.62. The van der Waals surface area contributed by atoms with E-state index in [1.807, 2.05) is 52.0 Å². The molecule has 0 spiro atoms. The number of rotatable bonds is 3. The highest BCUT2D eigenvalue weighted by Crippen LogP contribution is 2.36. The third kappa shape index (κ3) is 3.51. The van der Waals surface area contributed by atoms with Gasteiger partial charge < -0.3 is 19.9 Å². The molecular weight excluding hydrogens is 303 g/mol. The van der Waals surface area contributed by atoms with Gasteiger partial charge in [-0.15, -0.1) is 0 Å². The quantitative estimate of drug-likeness (QED) is 0.824. The first-order valence-corrected chi connectivity index (χ1v) is 8.76. The fraction of sp³-hybridized carbons (Fsp3) is 0.611. The van der Waals surface area contributed by atoms with Crippen molar-refractivity contribution < 1.29 is 14.1 Å². The number of carbonyl (C=O) groups excluding carboxylic acids is 1. The number of piperidine rings is 1. The lowest BCUT2D eigenvalue weighted by Crippen LogP contribution is -2.43. The summed E-state index contributed by atoms with van der Waals surface area (Å²) in [6.45, 7) is 10.0. The molecule has 24 heavy (non-hydrogen) atoms. The third-order valence-corrected chi connectivity index (χ3v) is 5.35. The maximum absolute atomic E-state index is 12.5. The predicted molar refractivity (Wildman–Crippen MR) is 95.5 cm³/mol. The van der Waals surface area contributed by atoms with E-state index in [1.165, 1.54) is 0 Å². The van der Waals surface area contributed by atoms with Gasteiger partial charge in [0.25, 0.3) is 5.91 Å². The van der Waals surface area contributed by atoms with Crippen LogP contribution in [-0.4, -0.2) is 43.4 Å². The van der Waals surface area contributed by atoms with E-state index in [2.05, 4.69) is 10.6 Å². The second-order valence-electron chi connectivity index (χ2n) is 7.71. The molecular formula is C18H27BN2O3. The van der Waals surface area contributed by atoms with E-state index >= 15 is 0 Å². The van der Waals surface area contributed by atoms with Crippen LogP contribution >= 0.6 is 0 Å². The predicted octanol–water partition coefficient (Wildman–Crippen LogP) is 1.47. The molecule has 0 atom stereocenters. The topological polar surface area (TPSA) is 59.6 Å². The molecule has 0 aliphatic carbocycles. The molecule has 1 aromatic carbocycles. The number of hydrogen-bond acceptors (Lipinski definition) is 4. The van der Waals surface area contributed by atoms with Crippen LogP contribution in [0.2, 0.25) is 0 Å². The molecule has 0 radical (unpaired) electrons. The molecule has 0 unspecified atom stereocenters. The van der Waals surface area contributed by atoms with E-state index in [1.54, 1.807) is 0 Å². The van der Waals surface area contributed by atoms with Gasteiger partial charge in [-0.3, -0.25) is 4.79 Å². The van der Waals surface area contributed by atoms with Crippen molar-refractivity contribution in [2.45, 2.75) is 57.8 Å². The summed E-state index contributed by atoms with van der Waals surface area (Å²) in [5.41, 5.74) is 0.767. The zero-order valence-corrected chi connectivity index (χ0v) is 15.0. The maximum Gasteiger partial charge on any atom is 0.494 e. The van der Waals surface area contributed by atoms with Gasteiger partial charge in [-0.2, -0.15) is 0 Å². The Kier molecular flexibility index (Phi) is 4.73. The zero-order valence-electron chi connectivity index (χ0n) is 15.0. The third-order valence-electron chi connectivity index (χ3n) is 5.35. The molecule has 0 saturated carbocycles. The van der Waals surface area contributed by atoms with Crippen molar-refractivity contribution in [2.75, 3.05) is 13.1 Å². The van der Waals surface area contributed by atoms with E-state index < -0.39 is 7.12 Å². The van der Waals surface area contributed by atoms with Crippen molar-refractivity contribution in [2.24, 2.45) is 0 Å². The van der Waals surface area contributed by atoms with Crippen LogP contribution in [0.5, 0.6) is 0 Å². The minimum absolute atomic E-state index is 0.0275. The Morgan fingerprint density at radius 1 is 1.17 bits per heavy atom. The first-order chi connectivity index (χ1) is 11.3. The summed E-state index contributed by atoms with van der Waals surface area (Å²) in [5, 5.41) is 6.43. The summed E-state index contributed by atoms with van der Waals surface area (Å²) in [7, 11) is -0.443. The molecule has 2 heterocycles. The zero-order chi connectivity index (χ0) is 17.4. The van der Waals surface area contributed by atoms with Crippen LogP contribution in [0.25, 0.3) is 0 Å². The number of hydrogen-bond donors (Lipinski definition) is 2. The van der Waals surface area contributed by atoms with Gasteiger partial charge >= 0.3 is 7.12 Å². The van der Waals surface area contributed by atoms with Crippen LogP contribution < -0.4 is 16.1 Å². The van der Waals surface area contributed by atoms with Gasteiger partial charge in [-0.1, -0.05) is 12.1 Å². The maximum atomic E-state index is 12.5. The van der Waals surface area contributed by atoms with Crippen LogP contribution in [-0.2, 0) is 9.31 Å². The van der Waals surface area contributed by atoms with Gasteiger partial charge in [-0.25, -0.2) is 0 Å². The Bertz CT molecular complexity index is 596. The lowest BCUT2D eigenvalue weighted by Gasteiger charge is -2.32. The minimum atomic E-state index is -0.443. The molecule has 1 amide bonds. The first kappa shape index (κ1) is 17.5. The molecule has 2 N–H and O–H groups in total. The molecule has 3 rings (SSSR count). The molecule has 1 aromatic rings. The second kappa shape index (κ2) is 6.50. The van der Waals surface area contributed by atoms with Crippen molar-refractivity contribution >= 4 is 18.5 Å². The minimum Gasteiger partial charge on any atom is -0.399 e. The van der Waals surface area contributed by atoms with E-state index in [9.17, 15) is 4.79 Å². The summed E-state index contributed by atoms with van der Waals surface area (Å²) >= 11 is 0. The molecule has 5 nitrogen and oxygen atoms in total. The van der Waals surface area contributed by atoms with E-state index in [0.29, 0.717) is 5.56 Å². The molecule has 2 saturated heterocycles. The monoisotopic (exact) mass is 330 g/mol. The van der Waals surface area contributed by atoms with Gasteiger partial charge in [0.2, 0.25) is 0 Å². The normalized spacial score (nSPS) is 23.2.